The standard InChI is InChI=1S/C14H15BrN2O/c1-14(2,10-6-4-3-5-7-10)17-13(18)12-8-11(15)9-16-12/h3-9,16H,1-2H3,(H,17,18). The third kappa shape index (κ3) is 2.82. The zero-order valence-corrected chi connectivity index (χ0v) is 11.9. The van der Waals surface area contributed by atoms with Crippen molar-refractivity contribution < 1.29 is 4.79 Å². The summed E-state index contributed by atoms with van der Waals surface area (Å²) in [5.41, 5.74) is 1.21. The zero-order chi connectivity index (χ0) is 13.2. The van der Waals surface area contributed by atoms with Crippen molar-refractivity contribution in [3.05, 3.63) is 58.3 Å². The van der Waals surface area contributed by atoms with Crippen molar-refractivity contribution in [2.45, 2.75) is 19.4 Å². The topological polar surface area (TPSA) is 44.9 Å². The molecule has 0 saturated carbocycles. The van der Waals surface area contributed by atoms with Gasteiger partial charge in [0.1, 0.15) is 5.69 Å². The van der Waals surface area contributed by atoms with E-state index in [2.05, 4.69) is 26.2 Å². The molecule has 0 aliphatic carbocycles. The van der Waals surface area contributed by atoms with Crippen molar-refractivity contribution in [3.8, 4) is 0 Å². The number of aromatic amines is 1. The second-order valence-corrected chi connectivity index (χ2v) is 5.59. The van der Waals surface area contributed by atoms with Gasteiger partial charge in [-0.15, -0.1) is 0 Å². The number of halogens is 1. The molecule has 94 valence electrons. The summed E-state index contributed by atoms with van der Waals surface area (Å²) in [7, 11) is 0. The first-order valence-corrected chi connectivity index (χ1v) is 6.50. The quantitative estimate of drug-likeness (QED) is 0.896. The lowest BCUT2D eigenvalue weighted by Crippen LogP contribution is -2.41. The molecule has 0 spiro atoms. The number of benzene rings is 1. The number of carbonyl (C=O) groups excluding carboxylic acids is 1. The Morgan fingerprint density at radius 3 is 2.50 bits per heavy atom. The van der Waals surface area contributed by atoms with E-state index in [0.717, 1.165) is 10.0 Å². The van der Waals surface area contributed by atoms with Gasteiger partial charge in [-0.05, 0) is 41.4 Å². The van der Waals surface area contributed by atoms with E-state index in [1.165, 1.54) is 0 Å². The SMILES string of the molecule is CC(C)(NC(=O)c1cc(Br)c[nH]1)c1ccccc1. The van der Waals surface area contributed by atoms with E-state index in [-0.39, 0.29) is 5.91 Å². The van der Waals surface area contributed by atoms with E-state index < -0.39 is 5.54 Å². The van der Waals surface area contributed by atoms with Crippen LogP contribution in [-0.4, -0.2) is 10.9 Å². The van der Waals surface area contributed by atoms with Crippen molar-refractivity contribution in [2.75, 3.05) is 0 Å². The van der Waals surface area contributed by atoms with Crippen LogP contribution in [0, 0.1) is 0 Å². The Labute approximate surface area is 115 Å². The first kappa shape index (κ1) is 12.9. The molecule has 0 aliphatic rings. The van der Waals surface area contributed by atoms with Crippen molar-refractivity contribution in [1.29, 1.82) is 0 Å². The van der Waals surface area contributed by atoms with Gasteiger partial charge in [0.25, 0.3) is 5.91 Å². The van der Waals surface area contributed by atoms with Crippen LogP contribution in [0.2, 0.25) is 0 Å². The smallest absolute Gasteiger partial charge is 0.268 e. The molecule has 4 heteroatoms. The van der Waals surface area contributed by atoms with Crippen LogP contribution in [0.3, 0.4) is 0 Å². The van der Waals surface area contributed by atoms with Gasteiger partial charge in [0.2, 0.25) is 0 Å². The third-order valence-electron chi connectivity index (χ3n) is 2.81. The lowest BCUT2D eigenvalue weighted by atomic mass is 9.94. The highest BCUT2D eigenvalue weighted by molar-refractivity contribution is 9.10. The van der Waals surface area contributed by atoms with E-state index in [9.17, 15) is 4.79 Å². The lowest BCUT2D eigenvalue weighted by Gasteiger charge is -2.26. The number of aromatic nitrogens is 1. The molecule has 1 amide bonds. The van der Waals surface area contributed by atoms with Crippen molar-refractivity contribution in [3.63, 3.8) is 0 Å². The fourth-order valence-corrected chi connectivity index (χ4v) is 2.12. The van der Waals surface area contributed by atoms with Crippen LogP contribution in [0.1, 0.15) is 29.9 Å². The van der Waals surface area contributed by atoms with Crippen LogP contribution < -0.4 is 5.32 Å². The van der Waals surface area contributed by atoms with Gasteiger partial charge in [0.15, 0.2) is 0 Å². The van der Waals surface area contributed by atoms with Crippen LogP contribution in [0.4, 0.5) is 0 Å². The number of amides is 1. The maximum Gasteiger partial charge on any atom is 0.268 e. The summed E-state index contributed by atoms with van der Waals surface area (Å²) in [6, 6.07) is 11.7. The Bertz CT molecular complexity index is 546. The van der Waals surface area contributed by atoms with Gasteiger partial charge in [-0.25, -0.2) is 0 Å². The summed E-state index contributed by atoms with van der Waals surface area (Å²) in [5, 5.41) is 3.01. The average Bonchev–Trinajstić information content (AvgIpc) is 2.77. The molecule has 0 unspecified atom stereocenters. The van der Waals surface area contributed by atoms with Gasteiger partial charge in [-0.3, -0.25) is 4.79 Å². The Morgan fingerprint density at radius 2 is 1.94 bits per heavy atom. The third-order valence-corrected chi connectivity index (χ3v) is 3.27. The number of H-pyrrole nitrogens is 1. The molecule has 0 saturated heterocycles. The molecule has 1 aromatic carbocycles. The highest BCUT2D eigenvalue weighted by Gasteiger charge is 2.23. The monoisotopic (exact) mass is 306 g/mol. The molecule has 1 heterocycles. The van der Waals surface area contributed by atoms with E-state index in [1.807, 2.05) is 44.2 Å². The minimum Gasteiger partial charge on any atom is -0.356 e. The van der Waals surface area contributed by atoms with Crippen LogP contribution >= 0.6 is 15.9 Å². The molecule has 18 heavy (non-hydrogen) atoms. The number of hydrogen-bond donors (Lipinski definition) is 2. The first-order valence-electron chi connectivity index (χ1n) is 5.71. The van der Waals surface area contributed by atoms with Crippen LogP contribution in [0.15, 0.2) is 47.1 Å². The number of nitrogens with one attached hydrogen (secondary N) is 2. The summed E-state index contributed by atoms with van der Waals surface area (Å²) >= 11 is 3.31. The van der Waals surface area contributed by atoms with Gasteiger partial charge in [0, 0.05) is 10.7 Å². The molecule has 2 rings (SSSR count). The van der Waals surface area contributed by atoms with Crippen molar-refractivity contribution >= 4 is 21.8 Å². The summed E-state index contributed by atoms with van der Waals surface area (Å²) in [4.78, 5) is 15.0. The molecule has 0 radical (unpaired) electrons. The maximum absolute atomic E-state index is 12.1. The highest BCUT2D eigenvalue weighted by Crippen LogP contribution is 2.20. The maximum atomic E-state index is 12.1. The fraction of sp³-hybridized carbons (Fsp3) is 0.214. The molecule has 0 bridgehead atoms. The minimum absolute atomic E-state index is 0.116. The predicted molar refractivity (Wildman–Crippen MR) is 75.4 cm³/mol. The molecule has 0 atom stereocenters. The van der Waals surface area contributed by atoms with Crippen LogP contribution in [0.5, 0.6) is 0 Å². The predicted octanol–water partition coefficient (Wildman–Crippen LogP) is 3.44. The Kier molecular flexibility index (Phi) is 3.57. The Morgan fingerprint density at radius 1 is 1.28 bits per heavy atom. The Balaban J connectivity index is 2.16. The van der Waals surface area contributed by atoms with Crippen molar-refractivity contribution in [2.24, 2.45) is 0 Å². The zero-order valence-electron chi connectivity index (χ0n) is 10.3. The summed E-state index contributed by atoms with van der Waals surface area (Å²) in [5.74, 6) is -0.116. The molecule has 0 aliphatic heterocycles. The number of hydrogen-bond acceptors (Lipinski definition) is 1. The van der Waals surface area contributed by atoms with E-state index >= 15 is 0 Å². The van der Waals surface area contributed by atoms with E-state index in [1.54, 1.807) is 12.3 Å². The first-order chi connectivity index (χ1) is 8.49. The second kappa shape index (κ2) is 4.98. The molecule has 1 aromatic heterocycles. The Hall–Kier alpha value is -1.55. The van der Waals surface area contributed by atoms with Crippen molar-refractivity contribution in [1.82, 2.24) is 10.3 Å². The van der Waals surface area contributed by atoms with Gasteiger partial charge in [0.05, 0.1) is 5.54 Å². The van der Waals surface area contributed by atoms with Gasteiger partial charge in [-0.1, -0.05) is 30.3 Å². The normalized spacial score (nSPS) is 11.3. The minimum atomic E-state index is -0.407. The molecular formula is C14H15BrN2O. The summed E-state index contributed by atoms with van der Waals surface area (Å²) in [6.45, 7) is 3.97. The molecule has 2 N–H and O–H groups in total. The van der Waals surface area contributed by atoms with E-state index in [4.69, 9.17) is 0 Å². The fourth-order valence-electron chi connectivity index (χ4n) is 1.78. The van der Waals surface area contributed by atoms with Crippen LogP contribution in [0.25, 0.3) is 0 Å². The summed E-state index contributed by atoms with van der Waals surface area (Å²) in [6.07, 6.45) is 1.74. The van der Waals surface area contributed by atoms with Gasteiger partial charge < -0.3 is 10.3 Å². The number of carbonyl (C=O) groups is 1. The highest BCUT2D eigenvalue weighted by atomic mass is 79.9. The summed E-state index contributed by atoms with van der Waals surface area (Å²) < 4.78 is 0.866. The molecule has 3 nitrogen and oxygen atoms in total. The average molecular weight is 307 g/mol. The second-order valence-electron chi connectivity index (χ2n) is 4.68. The molecule has 0 fully saturated rings. The molecular weight excluding hydrogens is 292 g/mol. The lowest BCUT2D eigenvalue weighted by molar-refractivity contribution is 0.0907. The van der Waals surface area contributed by atoms with E-state index in [0.29, 0.717) is 5.69 Å². The van der Waals surface area contributed by atoms with Crippen LogP contribution in [-0.2, 0) is 5.54 Å². The largest absolute Gasteiger partial charge is 0.356 e. The van der Waals surface area contributed by atoms with Gasteiger partial charge in [-0.2, -0.15) is 0 Å². The molecule has 2 aromatic rings. The van der Waals surface area contributed by atoms with Gasteiger partial charge >= 0.3 is 0 Å². The number of rotatable bonds is 3.